The van der Waals surface area contributed by atoms with Gasteiger partial charge in [-0.25, -0.2) is 4.79 Å². The summed E-state index contributed by atoms with van der Waals surface area (Å²) in [4.78, 5) is 36.3. The van der Waals surface area contributed by atoms with E-state index in [0.29, 0.717) is 30.3 Å². The summed E-state index contributed by atoms with van der Waals surface area (Å²) < 4.78 is 10.8. The molecule has 4 amide bonds. The van der Waals surface area contributed by atoms with Crippen LogP contribution in [0.15, 0.2) is 35.7 Å². The molecule has 27 heavy (non-hydrogen) atoms. The molecule has 1 aliphatic heterocycles. The van der Waals surface area contributed by atoms with Gasteiger partial charge in [0.15, 0.2) is 11.5 Å². The van der Waals surface area contributed by atoms with Crippen LogP contribution in [0.25, 0.3) is 0 Å². The van der Waals surface area contributed by atoms with E-state index in [-0.39, 0.29) is 6.42 Å². The summed E-state index contributed by atoms with van der Waals surface area (Å²) in [5.74, 6) is 0.0608. The second kappa shape index (κ2) is 8.41. The lowest BCUT2D eigenvalue weighted by molar-refractivity contribution is -0.122. The quantitative estimate of drug-likeness (QED) is 0.567. The van der Waals surface area contributed by atoms with E-state index < -0.39 is 23.9 Å². The average Bonchev–Trinajstić information content (AvgIpc) is 3.19. The lowest BCUT2D eigenvalue weighted by Gasteiger charge is -2.19. The first-order valence-electron chi connectivity index (χ1n) is 8.11. The van der Waals surface area contributed by atoms with Gasteiger partial charge in [-0.3, -0.25) is 20.4 Å². The minimum atomic E-state index is -0.735. The van der Waals surface area contributed by atoms with Crippen LogP contribution in [0.5, 0.6) is 11.5 Å². The SMILES string of the molecule is NC(=O)NC(CC(=O)NNC(=O)c1ccc2c(c1)OCCO2)c1cccs1. The molecule has 1 atom stereocenters. The van der Waals surface area contributed by atoms with Gasteiger partial charge < -0.3 is 20.5 Å². The highest BCUT2D eigenvalue weighted by atomic mass is 32.1. The molecule has 0 aliphatic carbocycles. The molecule has 0 saturated carbocycles. The fraction of sp³-hybridized carbons (Fsp3) is 0.235. The van der Waals surface area contributed by atoms with Gasteiger partial charge in [-0.2, -0.15) is 0 Å². The zero-order valence-corrected chi connectivity index (χ0v) is 15.0. The second-order valence-corrected chi connectivity index (χ2v) is 6.62. The largest absolute Gasteiger partial charge is 0.486 e. The van der Waals surface area contributed by atoms with Crippen LogP contribution in [0.3, 0.4) is 0 Å². The highest BCUT2D eigenvalue weighted by molar-refractivity contribution is 7.10. The van der Waals surface area contributed by atoms with Gasteiger partial charge in [-0.05, 0) is 29.6 Å². The Morgan fingerprint density at radius 1 is 1.11 bits per heavy atom. The van der Waals surface area contributed by atoms with Gasteiger partial charge >= 0.3 is 6.03 Å². The standard InChI is InChI=1S/C17H18N4O5S/c18-17(24)19-11(14-2-1-7-27-14)9-15(22)20-21-16(23)10-3-4-12-13(8-10)26-6-5-25-12/h1-4,7-8,11H,5-6,9H2,(H,20,22)(H,21,23)(H3,18,19,24). The fourth-order valence-electron chi connectivity index (χ4n) is 2.50. The topological polar surface area (TPSA) is 132 Å². The number of benzene rings is 1. The number of ether oxygens (including phenoxy) is 2. The number of rotatable bonds is 5. The van der Waals surface area contributed by atoms with Crippen LogP contribution < -0.4 is 31.4 Å². The zero-order chi connectivity index (χ0) is 19.2. The number of hydrazine groups is 1. The van der Waals surface area contributed by atoms with E-state index in [4.69, 9.17) is 15.2 Å². The third-order valence-corrected chi connectivity index (χ3v) is 4.70. The predicted molar refractivity (Wildman–Crippen MR) is 97.4 cm³/mol. The van der Waals surface area contributed by atoms with E-state index in [1.54, 1.807) is 30.3 Å². The number of amides is 4. The van der Waals surface area contributed by atoms with Crippen molar-refractivity contribution in [2.75, 3.05) is 13.2 Å². The molecule has 5 N–H and O–H groups in total. The Kier molecular flexibility index (Phi) is 5.77. The van der Waals surface area contributed by atoms with Crippen molar-refractivity contribution < 1.29 is 23.9 Å². The lowest BCUT2D eigenvalue weighted by atomic mass is 10.1. The van der Waals surface area contributed by atoms with E-state index in [9.17, 15) is 14.4 Å². The second-order valence-electron chi connectivity index (χ2n) is 5.64. The minimum absolute atomic E-state index is 0.0785. The molecule has 2 heterocycles. The van der Waals surface area contributed by atoms with Gasteiger partial charge in [0.25, 0.3) is 5.91 Å². The first-order chi connectivity index (χ1) is 13.0. The van der Waals surface area contributed by atoms with Crippen molar-refractivity contribution in [2.45, 2.75) is 12.5 Å². The molecule has 1 aromatic carbocycles. The summed E-state index contributed by atoms with van der Waals surface area (Å²) in [6.45, 7) is 0.866. The van der Waals surface area contributed by atoms with E-state index in [1.165, 1.54) is 11.3 Å². The van der Waals surface area contributed by atoms with Crippen LogP contribution in [-0.2, 0) is 4.79 Å². The minimum Gasteiger partial charge on any atom is -0.486 e. The van der Waals surface area contributed by atoms with Crippen molar-refractivity contribution in [1.29, 1.82) is 0 Å². The van der Waals surface area contributed by atoms with Crippen LogP contribution in [0.2, 0.25) is 0 Å². The number of thiophene rings is 1. The smallest absolute Gasteiger partial charge is 0.312 e. The third kappa shape index (κ3) is 4.88. The fourth-order valence-corrected chi connectivity index (χ4v) is 3.28. The molecule has 0 spiro atoms. The van der Waals surface area contributed by atoms with Gasteiger partial charge in [0.05, 0.1) is 12.5 Å². The van der Waals surface area contributed by atoms with Crippen molar-refractivity contribution in [1.82, 2.24) is 16.2 Å². The molecular weight excluding hydrogens is 372 g/mol. The molecule has 0 fully saturated rings. The third-order valence-electron chi connectivity index (χ3n) is 3.71. The van der Waals surface area contributed by atoms with Crippen LogP contribution in [0, 0.1) is 0 Å². The molecule has 142 valence electrons. The summed E-state index contributed by atoms with van der Waals surface area (Å²) in [5.41, 5.74) is 10.1. The zero-order valence-electron chi connectivity index (χ0n) is 14.2. The van der Waals surface area contributed by atoms with Crippen LogP contribution in [-0.4, -0.2) is 31.1 Å². The Bertz CT molecular complexity index is 840. The van der Waals surface area contributed by atoms with Crippen LogP contribution >= 0.6 is 11.3 Å². The van der Waals surface area contributed by atoms with Gasteiger partial charge in [0.1, 0.15) is 13.2 Å². The summed E-state index contributed by atoms with van der Waals surface area (Å²) >= 11 is 1.39. The molecular formula is C17H18N4O5S. The van der Waals surface area contributed by atoms with Gasteiger partial charge in [0, 0.05) is 10.4 Å². The molecule has 0 saturated heterocycles. The Hall–Kier alpha value is -3.27. The highest BCUT2D eigenvalue weighted by Gasteiger charge is 2.19. The Labute approximate surface area is 158 Å². The van der Waals surface area contributed by atoms with E-state index in [0.717, 1.165) is 4.88 Å². The Balaban J connectivity index is 1.56. The first kappa shape index (κ1) is 18.5. The normalized spacial score (nSPS) is 13.3. The molecule has 0 radical (unpaired) electrons. The first-order valence-corrected chi connectivity index (χ1v) is 8.99. The van der Waals surface area contributed by atoms with E-state index >= 15 is 0 Å². The summed E-state index contributed by atoms with van der Waals surface area (Å²) in [5, 5.41) is 4.34. The molecule has 3 rings (SSSR count). The van der Waals surface area contributed by atoms with Crippen molar-refractivity contribution >= 4 is 29.2 Å². The number of nitrogens with one attached hydrogen (secondary N) is 3. The molecule has 10 heteroatoms. The Morgan fingerprint density at radius 3 is 2.59 bits per heavy atom. The molecule has 1 aromatic heterocycles. The predicted octanol–water partition coefficient (Wildman–Crippen LogP) is 1.08. The molecule has 0 bridgehead atoms. The molecule has 1 unspecified atom stereocenters. The van der Waals surface area contributed by atoms with Crippen molar-refractivity contribution in [3.8, 4) is 11.5 Å². The Morgan fingerprint density at radius 2 is 1.89 bits per heavy atom. The summed E-state index contributed by atoms with van der Waals surface area (Å²) in [7, 11) is 0. The number of hydrogen-bond acceptors (Lipinski definition) is 6. The van der Waals surface area contributed by atoms with Crippen molar-refractivity contribution in [2.24, 2.45) is 5.73 Å². The maximum absolute atomic E-state index is 12.2. The van der Waals surface area contributed by atoms with Crippen molar-refractivity contribution in [3.63, 3.8) is 0 Å². The highest BCUT2D eigenvalue weighted by Crippen LogP contribution is 2.30. The number of fused-ring (bicyclic) bond motifs is 1. The van der Waals surface area contributed by atoms with Gasteiger partial charge in [-0.1, -0.05) is 6.07 Å². The summed E-state index contributed by atoms with van der Waals surface area (Å²) in [6, 6.07) is 7.02. The number of hydrogen-bond donors (Lipinski definition) is 4. The number of carbonyl (C=O) groups excluding carboxylic acids is 3. The number of nitrogens with two attached hydrogens (primary N) is 1. The van der Waals surface area contributed by atoms with Gasteiger partial charge in [0.2, 0.25) is 5.91 Å². The van der Waals surface area contributed by atoms with Crippen LogP contribution in [0.4, 0.5) is 4.79 Å². The van der Waals surface area contributed by atoms with Crippen molar-refractivity contribution in [3.05, 3.63) is 46.2 Å². The molecule has 1 aliphatic rings. The number of primary amides is 1. The monoisotopic (exact) mass is 390 g/mol. The lowest BCUT2D eigenvalue weighted by Crippen LogP contribution is -2.43. The maximum atomic E-state index is 12.2. The van der Waals surface area contributed by atoms with Crippen LogP contribution in [0.1, 0.15) is 27.7 Å². The maximum Gasteiger partial charge on any atom is 0.312 e. The molecule has 9 nitrogen and oxygen atoms in total. The number of carbonyl (C=O) groups is 3. The molecule has 2 aromatic rings. The average molecular weight is 390 g/mol. The number of urea groups is 1. The van der Waals surface area contributed by atoms with E-state index in [1.807, 2.05) is 5.38 Å². The summed E-state index contributed by atoms with van der Waals surface area (Å²) in [6.07, 6.45) is -0.0785. The van der Waals surface area contributed by atoms with Gasteiger partial charge in [-0.15, -0.1) is 11.3 Å². The van der Waals surface area contributed by atoms with E-state index in [2.05, 4.69) is 16.2 Å².